The molecule has 0 aliphatic carbocycles. The van der Waals surface area contributed by atoms with E-state index in [9.17, 15) is 9.18 Å². The van der Waals surface area contributed by atoms with Crippen molar-refractivity contribution in [2.75, 3.05) is 24.5 Å². The summed E-state index contributed by atoms with van der Waals surface area (Å²) in [4.78, 5) is 13.8. The smallest absolute Gasteiger partial charge is 0.256 e. The molecule has 0 spiro atoms. The van der Waals surface area contributed by atoms with E-state index in [2.05, 4.69) is 10.2 Å². The maximum atomic E-state index is 12.9. The van der Waals surface area contributed by atoms with Gasteiger partial charge in [-0.05, 0) is 43.5 Å². The third-order valence-corrected chi connectivity index (χ3v) is 3.77. The van der Waals surface area contributed by atoms with E-state index in [-0.39, 0.29) is 11.7 Å². The third-order valence-electron chi connectivity index (χ3n) is 3.43. The van der Waals surface area contributed by atoms with E-state index in [4.69, 9.17) is 23.2 Å². The van der Waals surface area contributed by atoms with Crippen molar-refractivity contribution in [1.82, 2.24) is 5.32 Å². The number of hydrogen-bond donors (Lipinski definition) is 1. The van der Waals surface area contributed by atoms with Crippen molar-refractivity contribution >= 4 is 34.8 Å². The zero-order chi connectivity index (χ0) is 14.8. The van der Waals surface area contributed by atoms with Crippen LogP contribution in [0.5, 0.6) is 0 Å². The van der Waals surface area contributed by atoms with Crippen LogP contribution in [0.15, 0.2) is 24.3 Å². The molecule has 1 amide bonds. The lowest BCUT2D eigenvalue weighted by molar-refractivity contribution is -0.121. The molecule has 0 saturated carbocycles. The third kappa shape index (κ3) is 4.00. The number of rotatable bonds is 4. The van der Waals surface area contributed by atoms with E-state index in [1.54, 1.807) is 12.1 Å². The van der Waals surface area contributed by atoms with Crippen LogP contribution in [-0.2, 0) is 4.79 Å². The number of anilines is 1. The molecule has 1 atom stereocenters. The fourth-order valence-corrected chi connectivity index (χ4v) is 2.41. The molecule has 1 heterocycles. The minimum atomic E-state index is -1.39. The van der Waals surface area contributed by atoms with Crippen molar-refractivity contribution in [3.63, 3.8) is 0 Å². The van der Waals surface area contributed by atoms with E-state index in [0.717, 1.165) is 25.2 Å². The summed E-state index contributed by atoms with van der Waals surface area (Å²) >= 11 is 11.4. The summed E-state index contributed by atoms with van der Waals surface area (Å²) < 4.78 is 11.5. The maximum absolute atomic E-state index is 12.9. The van der Waals surface area contributed by atoms with Gasteiger partial charge in [-0.1, -0.05) is 23.2 Å². The van der Waals surface area contributed by atoms with Gasteiger partial charge >= 0.3 is 0 Å². The second kappa shape index (κ2) is 6.19. The number of alkyl halides is 2. The van der Waals surface area contributed by atoms with Crippen LogP contribution in [0.1, 0.15) is 13.3 Å². The Morgan fingerprint density at radius 2 is 2.10 bits per heavy atom. The van der Waals surface area contributed by atoms with Gasteiger partial charge in [0.2, 0.25) is 0 Å². The summed E-state index contributed by atoms with van der Waals surface area (Å²) in [5.41, 5.74) is 1.000. The minimum Gasteiger partial charge on any atom is -0.371 e. The highest BCUT2D eigenvalue weighted by Gasteiger charge is 2.29. The minimum absolute atomic E-state index is 0.236. The SMILES string of the molecule is CC(Cl)(Cl)C(=O)NCC1CCN(c2ccc(F)cc2)C1. The average Bonchev–Trinajstić information content (AvgIpc) is 2.84. The van der Waals surface area contributed by atoms with E-state index < -0.39 is 4.33 Å². The summed E-state index contributed by atoms with van der Waals surface area (Å²) in [6.45, 7) is 3.72. The Kier molecular flexibility index (Phi) is 4.76. The molecule has 110 valence electrons. The predicted molar refractivity (Wildman–Crippen MR) is 79.8 cm³/mol. The van der Waals surface area contributed by atoms with Crippen molar-refractivity contribution in [2.45, 2.75) is 17.7 Å². The molecular formula is C14H17Cl2FN2O. The molecule has 0 aromatic heterocycles. The van der Waals surface area contributed by atoms with E-state index >= 15 is 0 Å². The van der Waals surface area contributed by atoms with Crippen LogP contribution in [-0.4, -0.2) is 29.9 Å². The maximum Gasteiger partial charge on any atom is 0.256 e. The molecule has 1 aliphatic heterocycles. The Hall–Kier alpha value is -1.00. The Morgan fingerprint density at radius 1 is 1.45 bits per heavy atom. The number of carbonyl (C=O) groups is 1. The predicted octanol–water partition coefficient (Wildman–Crippen LogP) is 2.96. The molecule has 1 unspecified atom stereocenters. The van der Waals surface area contributed by atoms with Crippen molar-refractivity contribution in [1.29, 1.82) is 0 Å². The summed E-state index contributed by atoms with van der Waals surface area (Å²) in [6, 6.07) is 6.45. The van der Waals surface area contributed by atoms with Crippen LogP contribution in [0.2, 0.25) is 0 Å². The first-order valence-electron chi connectivity index (χ1n) is 6.53. The molecular weight excluding hydrogens is 302 g/mol. The second-order valence-electron chi connectivity index (χ2n) is 5.18. The highest BCUT2D eigenvalue weighted by molar-refractivity contribution is 6.57. The van der Waals surface area contributed by atoms with E-state index in [0.29, 0.717) is 12.5 Å². The van der Waals surface area contributed by atoms with Crippen LogP contribution in [0.3, 0.4) is 0 Å². The summed E-state index contributed by atoms with van der Waals surface area (Å²) in [6.07, 6.45) is 0.971. The summed E-state index contributed by atoms with van der Waals surface area (Å²) in [5.74, 6) is -0.263. The summed E-state index contributed by atoms with van der Waals surface area (Å²) in [7, 11) is 0. The zero-order valence-electron chi connectivity index (χ0n) is 11.2. The Balaban J connectivity index is 1.84. The van der Waals surface area contributed by atoms with Crippen LogP contribution < -0.4 is 10.2 Å². The summed E-state index contributed by atoms with van der Waals surface area (Å²) in [5, 5.41) is 2.76. The largest absolute Gasteiger partial charge is 0.371 e. The van der Waals surface area contributed by atoms with Gasteiger partial charge in [-0.25, -0.2) is 4.39 Å². The van der Waals surface area contributed by atoms with Gasteiger partial charge in [0.25, 0.3) is 5.91 Å². The Bertz CT molecular complexity index is 473. The van der Waals surface area contributed by atoms with Gasteiger partial charge in [-0.3, -0.25) is 4.79 Å². The molecule has 1 aliphatic rings. The molecule has 3 nitrogen and oxygen atoms in total. The number of nitrogens with zero attached hydrogens (tertiary/aromatic N) is 1. The lowest BCUT2D eigenvalue weighted by Crippen LogP contribution is -2.39. The number of halogens is 3. The molecule has 1 fully saturated rings. The van der Waals surface area contributed by atoms with Crippen LogP contribution in [0.25, 0.3) is 0 Å². The number of hydrogen-bond acceptors (Lipinski definition) is 2. The highest BCUT2D eigenvalue weighted by atomic mass is 35.5. The first-order chi connectivity index (χ1) is 9.36. The van der Waals surface area contributed by atoms with Gasteiger partial charge in [-0.15, -0.1) is 0 Å². The van der Waals surface area contributed by atoms with Gasteiger partial charge in [-0.2, -0.15) is 0 Å². The fraction of sp³-hybridized carbons (Fsp3) is 0.500. The molecule has 1 aromatic carbocycles. The van der Waals surface area contributed by atoms with Gasteiger partial charge < -0.3 is 10.2 Å². The number of amides is 1. The first kappa shape index (κ1) is 15.4. The van der Waals surface area contributed by atoms with E-state index in [1.165, 1.54) is 19.1 Å². The lowest BCUT2D eigenvalue weighted by atomic mass is 10.1. The van der Waals surface area contributed by atoms with E-state index in [1.807, 2.05) is 0 Å². The molecule has 1 N–H and O–H groups in total. The van der Waals surface area contributed by atoms with Crippen LogP contribution in [0.4, 0.5) is 10.1 Å². The second-order valence-corrected chi connectivity index (χ2v) is 6.88. The molecule has 20 heavy (non-hydrogen) atoms. The number of benzene rings is 1. The highest BCUT2D eigenvalue weighted by Crippen LogP contribution is 2.24. The molecule has 1 aromatic rings. The van der Waals surface area contributed by atoms with Gasteiger partial charge in [0, 0.05) is 25.3 Å². The Morgan fingerprint density at radius 3 is 2.70 bits per heavy atom. The lowest BCUT2D eigenvalue weighted by Gasteiger charge is -2.19. The fourth-order valence-electron chi connectivity index (χ4n) is 2.28. The number of carbonyl (C=O) groups excluding carboxylic acids is 1. The van der Waals surface area contributed by atoms with Crippen molar-refractivity contribution in [2.24, 2.45) is 5.92 Å². The molecule has 0 bridgehead atoms. The zero-order valence-corrected chi connectivity index (χ0v) is 12.7. The van der Waals surface area contributed by atoms with Crippen molar-refractivity contribution in [3.05, 3.63) is 30.1 Å². The first-order valence-corrected chi connectivity index (χ1v) is 7.28. The normalized spacial score (nSPS) is 19.2. The molecule has 6 heteroatoms. The average molecular weight is 319 g/mol. The van der Waals surface area contributed by atoms with Crippen molar-refractivity contribution in [3.8, 4) is 0 Å². The Labute approximate surface area is 128 Å². The van der Waals surface area contributed by atoms with Gasteiger partial charge in [0.05, 0.1) is 0 Å². The van der Waals surface area contributed by atoms with Crippen molar-refractivity contribution < 1.29 is 9.18 Å². The number of nitrogens with one attached hydrogen (secondary N) is 1. The molecule has 2 rings (SSSR count). The van der Waals surface area contributed by atoms with Crippen LogP contribution in [0, 0.1) is 11.7 Å². The topological polar surface area (TPSA) is 32.3 Å². The molecule has 1 saturated heterocycles. The van der Waals surface area contributed by atoms with Gasteiger partial charge in [0.1, 0.15) is 5.82 Å². The monoisotopic (exact) mass is 318 g/mol. The quantitative estimate of drug-likeness (QED) is 0.866. The molecule has 0 radical (unpaired) electrons. The van der Waals surface area contributed by atoms with Crippen LogP contribution >= 0.6 is 23.2 Å². The standard InChI is InChI=1S/C14H17Cl2FN2O/c1-14(15,16)13(20)18-8-10-6-7-19(9-10)12-4-2-11(17)3-5-12/h2-5,10H,6-9H2,1H3,(H,18,20). The van der Waals surface area contributed by atoms with Gasteiger partial charge in [0.15, 0.2) is 4.33 Å².